The van der Waals surface area contributed by atoms with Crippen LogP contribution in [0.4, 0.5) is 13.2 Å². The number of H-pyrrole nitrogens is 1. The summed E-state index contributed by atoms with van der Waals surface area (Å²) in [6, 6.07) is 0.276. The van der Waals surface area contributed by atoms with Gasteiger partial charge in [0, 0.05) is 12.3 Å². The standard InChI is InChI=1S/C12H15F3N2O2/c1-11(2,3)10(12(13,14)15)17-9(19)7-4-5-8(18)16-6-7/h4-6,10H,1-3H3,(H,16,18)(H,17,19)/t10-/m1/s1. The van der Waals surface area contributed by atoms with Crippen LogP contribution in [0, 0.1) is 5.41 Å². The van der Waals surface area contributed by atoms with E-state index in [1.807, 2.05) is 5.32 Å². The molecule has 0 fully saturated rings. The fourth-order valence-electron chi connectivity index (χ4n) is 1.56. The van der Waals surface area contributed by atoms with Crippen molar-refractivity contribution in [3.05, 3.63) is 34.2 Å². The Balaban J connectivity index is 2.95. The topological polar surface area (TPSA) is 62.0 Å². The van der Waals surface area contributed by atoms with Crippen molar-refractivity contribution in [1.29, 1.82) is 0 Å². The average Bonchev–Trinajstić information content (AvgIpc) is 2.23. The van der Waals surface area contributed by atoms with Gasteiger partial charge in [0.25, 0.3) is 5.91 Å². The molecular weight excluding hydrogens is 261 g/mol. The summed E-state index contributed by atoms with van der Waals surface area (Å²) in [7, 11) is 0. The number of nitrogens with one attached hydrogen (secondary N) is 2. The maximum atomic E-state index is 12.9. The number of pyridine rings is 1. The molecule has 0 bridgehead atoms. The van der Waals surface area contributed by atoms with Gasteiger partial charge in [0.15, 0.2) is 0 Å². The molecule has 1 rings (SSSR count). The molecule has 0 aromatic carbocycles. The van der Waals surface area contributed by atoms with Crippen LogP contribution in [0.5, 0.6) is 0 Å². The molecule has 0 spiro atoms. The summed E-state index contributed by atoms with van der Waals surface area (Å²) >= 11 is 0. The third-order valence-electron chi connectivity index (χ3n) is 2.52. The summed E-state index contributed by atoms with van der Waals surface area (Å²) < 4.78 is 38.7. The van der Waals surface area contributed by atoms with Crippen molar-refractivity contribution in [1.82, 2.24) is 10.3 Å². The van der Waals surface area contributed by atoms with Crippen LogP contribution >= 0.6 is 0 Å². The zero-order valence-corrected chi connectivity index (χ0v) is 10.8. The van der Waals surface area contributed by atoms with Gasteiger partial charge >= 0.3 is 6.18 Å². The van der Waals surface area contributed by atoms with Gasteiger partial charge in [-0.1, -0.05) is 20.8 Å². The van der Waals surface area contributed by atoms with E-state index in [9.17, 15) is 22.8 Å². The molecule has 0 radical (unpaired) electrons. The number of aromatic nitrogens is 1. The van der Waals surface area contributed by atoms with E-state index in [0.717, 1.165) is 12.3 Å². The van der Waals surface area contributed by atoms with Crippen molar-refractivity contribution in [2.75, 3.05) is 0 Å². The first-order valence-electron chi connectivity index (χ1n) is 5.58. The molecular formula is C12H15F3N2O2. The maximum Gasteiger partial charge on any atom is 0.409 e. The molecule has 1 aromatic rings. The first-order valence-corrected chi connectivity index (χ1v) is 5.58. The molecule has 0 aliphatic rings. The van der Waals surface area contributed by atoms with Gasteiger partial charge in [0.2, 0.25) is 5.56 Å². The molecule has 1 heterocycles. The molecule has 106 valence electrons. The summed E-state index contributed by atoms with van der Waals surface area (Å²) in [5.74, 6) is -0.881. The van der Waals surface area contributed by atoms with Crippen molar-refractivity contribution in [3.63, 3.8) is 0 Å². The Bertz CT molecular complexity index is 480. The minimum absolute atomic E-state index is 0.0295. The highest BCUT2D eigenvalue weighted by Crippen LogP contribution is 2.33. The zero-order valence-electron chi connectivity index (χ0n) is 10.8. The first kappa shape index (κ1) is 15.3. The number of carbonyl (C=O) groups excluding carboxylic acids is 1. The van der Waals surface area contributed by atoms with E-state index in [2.05, 4.69) is 4.98 Å². The lowest BCUT2D eigenvalue weighted by Gasteiger charge is -2.32. The Morgan fingerprint density at radius 3 is 2.21 bits per heavy atom. The second-order valence-corrected chi connectivity index (χ2v) is 5.26. The SMILES string of the molecule is CC(C)(C)[C@@H](NC(=O)c1ccc(=O)[nH]c1)C(F)(F)F. The normalized spacial score (nSPS) is 14.0. The van der Waals surface area contributed by atoms with E-state index < -0.39 is 29.1 Å². The number of amides is 1. The van der Waals surface area contributed by atoms with Gasteiger partial charge in [-0.3, -0.25) is 9.59 Å². The van der Waals surface area contributed by atoms with Crippen LogP contribution in [0.1, 0.15) is 31.1 Å². The van der Waals surface area contributed by atoms with Crippen molar-refractivity contribution in [2.45, 2.75) is 33.0 Å². The molecule has 1 amide bonds. The van der Waals surface area contributed by atoms with Crippen molar-refractivity contribution in [2.24, 2.45) is 5.41 Å². The van der Waals surface area contributed by atoms with Gasteiger partial charge < -0.3 is 10.3 Å². The molecule has 1 atom stereocenters. The molecule has 0 aliphatic carbocycles. The van der Waals surface area contributed by atoms with E-state index in [4.69, 9.17) is 0 Å². The van der Waals surface area contributed by atoms with Gasteiger partial charge in [-0.05, 0) is 11.5 Å². The Morgan fingerprint density at radius 2 is 1.84 bits per heavy atom. The number of halogens is 3. The number of alkyl halides is 3. The number of hydrogen-bond acceptors (Lipinski definition) is 2. The minimum atomic E-state index is -4.55. The second kappa shape index (κ2) is 5.07. The highest BCUT2D eigenvalue weighted by molar-refractivity contribution is 5.94. The van der Waals surface area contributed by atoms with Crippen LogP contribution in [-0.4, -0.2) is 23.1 Å². The number of rotatable bonds is 2. The van der Waals surface area contributed by atoms with Gasteiger partial charge in [-0.2, -0.15) is 13.2 Å². The third kappa shape index (κ3) is 4.11. The minimum Gasteiger partial charge on any atom is -0.340 e. The molecule has 0 aliphatic heterocycles. The van der Waals surface area contributed by atoms with Crippen LogP contribution in [0.25, 0.3) is 0 Å². The lowest BCUT2D eigenvalue weighted by Crippen LogP contribution is -2.53. The molecule has 2 N–H and O–H groups in total. The summed E-state index contributed by atoms with van der Waals surface area (Å²) in [4.78, 5) is 24.8. The molecule has 19 heavy (non-hydrogen) atoms. The Hall–Kier alpha value is -1.79. The van der Waals surface area contributed by atoms with E-state index >= 15 is 0 Å². The lowest BCUT2D eigenvalue weighted by atomic mass is 9.86. The van der Waals surface area contributed by atoms with Gasteiger partial charge in [0.1, 0.15) is 6.04 Å². The molecule has 0 saturated heterocycles. The summed E-state index contributed by atoms with van der Waals surface area (Å²) in [6.07, 6.45) is -3.47. The quantitative estimate of drug-likeness (QED) is 0.868. The highest BCUT2D eigenvalue weighted by Gasteiger charge is 2.47. The fraction of sp³-hybridized carbons (Fsp3) is 0.500. The summed E-state index contributed by atoms with van der Waals surface area (Å²) in [6.45, 7) is 4.16. The number of aromatic amines is 1. The van der Waals surface area contributed by atoms with E-state index in [-0.39, 0.29) is 5.56 Å². The van der Waals surface area contributed by atoms with Crippen molar-refractivity contribution >= 4 is 5.91 Å². The molecule has 1 aromatic heterocycles. The molecule has 0 saturated carbocycles. The second-order valence-electron chi connectivity index (χ2n) is 5.26. The summed E-state index contributed by atoms with van der Waals surface area (Å²) in [5, 5.41) is 1.95. The number of carbonyl (C=O) groups is 1. The van der Waals surface area contributed by atoms with Crippen LogP contribution in [-0.2, 0) is 0 Å². The fourth-order valence-corrected chi connectivity index (χ4v) is 1.56. The van der Waals surface area contributed by atoms with Gasteiger partial charge in [-0.25, -0.2) is 0 Å². The van der Waals surface area contributed by atoms with Crippen molar-refractivity contribution in [3.8, 4) is 0 Å². The third-order valence-corrected chi connectivity index (χ3v) is 2.52. The zero-order chi connectivity index (χ0) is 14.8. The van der Waals surface area contributed by atoms with Crippen LogP contribution in [0.3, 0.4) is 0 Å². The van der Waals surface area contributed by atoms with Crippen molar-refractivity contribution < 1.29 is 18.0 Å². The van der Waals surface area contributed by atoms with Crippen LogP contribution in [0.15, 0.2) is 23.1 Å². The maximum absolute atomic E-state index is 12.9. The Morgan fingerprint density at radius 1 is 1.26 bits per heavy atom. The van der Waals surface area contributed by atoms with Crippen LogP contribution in [0.2, 0.25) is 0 Å². The average molecular weight is 276 g/mol. The van der Waals surface area contributed by atoms with Gasteiger partial charge in [-0.15, -0.1) is 0 Å². The largest absolute Gasteiger partial charge is 0.409 e. The monoisotopic (exact) mass is 276 g/mol. The highest BCUT2D eigenvalue weighted by atomic mass is 19.4. The molecule has 0 unspecified atom stereocenters. The van der Waals surface area contributed by atoms with E-state index in [1.54, 1.807) is 0 Å². The predicted octanol–water partition coefficient (Wildman–Crippen LogP) is 2.08. The Labute approximate surface area is 108 Å². The number of hydrogen-bond donors (Lipinski definition) is 2. The van der Waals surface area contributed by atoms with E-state index in [0.29, 0.717) is 0 Å². The van der Waals surface area contributed by atoms with Crippen LogP contribution < -0.4 is 10.9 Å². The van der Waals surface area contributed by atoms with Gasteiger partial charge in [0.05, 0.1) is 5.56 Å². The summed E-state index contributed by atoms with van der Waals surface area (Å²) in [5.41, 5.74) is -1.63. The first-order chi connectivity index (χ1) is 8.51. The lowest BCUT2D eigenvalue weighted by molar-refractivity contribution is -0.174. The molecule has 4 nitrogen and oxygen atoms in total. The Kier molecular flexibility index (Phi) is 4.07. The smallest absolute Gasteiger partial charge is 0.340 e. The molecule has 7 heteroatoms. The predicted molar refractivity (Wildman–Crippen MR) is 63.8 cm³/mol. The van der Waals surface area contributed by atoms with E-state index in [1.165, 1.54) is 26.8 Å².